The number of nitrogens with zero attached hydrogens (tertiary/aromatic N) is 5. The minimum absolute atomic E-state index is 0.324. The summed E-state index contributed by atoms with van der Waals surface area (Å²) >= 11 is 0. The van der Waals surface area contributed by atoms with Crippen LogP contribution in [0.25, 0.3) is 5.69 Å². The van der Waals surface area contributed by atoms with Crippen LogP contribution in [-0.4, -0.2) is 57.0 Å². The second-order valence-corrected chi connectivity index (χ2v) is 9.18. The molecule has 4 rings (SSSR count). The molecule has 1 amide bonds. The summed E-state index contributed by atoms with van der Waals surface area (Å²) in [6.07, 6.45) is 2.38. The van der Waals surface area contributed by atoms with Crippen LogP contribution in [-0.2, 0) is 17.7 Å². The molecule has 1 aromatic carbocycles. The van der Waals surface area contributed by atoms with Crippen LogP contribution >= 0.6 is 0 Å². The monoisotopic (exact) mass is 465 g/mol. The number of nitrogens with one attached hydrogen (secondary N) is 2. The van der Waals surface area contributed by atoms with Crippen molar-refractivity contribution in [3.05, 3.63) is 47.4 Å². The first kappa shape index (κ1) is 23.3. The van der Waals surface area contributed by atoms with Crippen molar-refractivity contribution in [1.82, 2.24) is 24.6 Å². The van der Waals surface area contributed by atoms with Gasteiger partial charge in [0, 0.05) is 37.2 Å². The van der Waals surface area contributed by atoms with Crippen LogP contribution in [0.4, 0.5) is 22.2 Å². The van der Waals surface area contributed by atoms with Gasteiger partial charge in [0.1, 0.15) is 22.9 Å². The Morgan fingerprint density at radius 2 is 1.97 bits per heavy atom. The van der Waals surface area contributed by atoms with Gasteiger partial charge in [-0.05, 0) is 57.9 Å². The molecule has 34 heavy (non-hydrogen) atoms. The van der Waals surface area contributed by atoms with Crippen LogP contribution in [0.5, 0.6) is 5.75 Å². The van der Waals surface area contributed by atoms with Crippen molar-refractivity contribution >= 4 is 23.5 Å². The number of aromatic nitrogens is 4. The van der Waals surface area contributed by atoms with Gasteiger partial charge in [0.25, 0.3) is 0 Å². The third-order valence-corrected chi connectivity index (χ3v) is 5.31. The Morgan fingerprint density at radius 1 is 1.18 bits per heavy atom. The van der Waals surface area contributed by atoms with E-state index >= 15 is 0 Å². The molecule has 1 aliphatic rings. The highest BCUT2D eigenvalue weighted by Crippen LogP contribution is 2.29. The van der Waals surface area contributed by atoms with Gasteiger partial charge in [-0.1, -0.05) is 0 Å². The Morgan fingerprint density at radius 3 is 2.68 bits per heavy atom. The van der Waals surface area contributed by atoms with Gasteiger partial charge in [0.2, 0.25) is 5.95 Å². The number of amides is 1. The number of carbonyl (C=O) groups excluding carboxylic acids is 1. The minimum atomic E-state index is -0.535. The Bertz CT molecular complexity index is 1200. The van der Waals surface area contributed by atoms with Crippen molar-refractivity contribution in [2.75, 3.05) is 31.3 Å². The van der Waals surface area contributed by atoms with Crippen molar-refractivity contribution in [3.8, 4) is 11.4 Å². The number of hydrogen-bond acceptors (Lipinski definition) is 8. The maximum atomic E-state index is 12.5. The average Bonchev–Trinajstić information content (AvgIpc) is 3.20. The van der Waals surface area contributed by atoms with Crippen LogP contribution in [0.15, 0.2) is 30.5 Å². The Labute approximate surface area is 199 Å². The fourth-order valence-corrected chi connectivity index (χ4v) is 3.74. The summed E-state index contributed by atoms with van der Waals surface area (Å²) in [5.41, 5.74) is 3.83. The predicted octanol–water partition coefficient (Wildman–Crippen LogP) is 4.06. The summed E-state index contributed by atoms with van der Waals surface area (Å²) in [7, 11) is 3.45. The summed E-state index contributed by atoms with van der Waals surface area (Å²) in [5, 5.41) is 11.1. The molecular formula is C24H31N7O3. The fourth-order valence-electron chi connectivity index (χ4n) is 3.74. The van der Waals surface area contributed by atoms with Crippen molar-refractivity contribution < 1.29 is 14.3 Å². The van der Waals surface area contributed by atoms with Gasteiger partial charge in [-0.2, -0.15) is 10.1 Å². The molecule has 0 unspecified atom stereocenters. The molecular weight excluding hydrogens is 434 g/mol. The van der Waals surface area contributed by atoms with Crippen molar-refractivity contribution in [2.24, 2.45) is 0 Å². The van der Waals surface area contributed by atoms with Gasteiger partial charge >= 0.3 is 6.09 Å². The van der Waals surface area contributed by atoms with E-state index in [1.165, 1.54) is 0 Å². The molecule has 0 spiro atoms. The van der Waals surface area contributed by atoms with E-state index < -0.39 is 5.60 Å². The largest absolute Gasteiger partial charge is 0.494 e. The molecule has 180 valence electrons. The van der Waals surface area contributed by atoms with Gasteiger partial charge in [0.15, 0.2) is 0 Å². The van der Waals surface area contributed by atoms with E-state index in [0.717, 1.165) is 34.1 Å². The van der Waals surface area contributed by atoms with Crippen LogP contribution < -0.4 is 15.4 Å². The first-order valence-electron chi connectivity index (χ1n) is 11.2. The summed E-state index contributed by atoms with van der Waals surface area (Å²) in [5.74, 6) is 1.90. The molecule has 0 bridgehead atoms. The molecule has 0 atom stereocenters. The zero-order valence-corrected chi connectivity index (χ0v) is 20.5. The Kier molecular flexibility index (Phi) is 6.32. The minimum Gasteiger partial charge on any atom is -0.494 e. The lowest BCUT2D eigenvalue weighted by Gasteiger charge is -2.29. The second-order valence-electron chi connectivity index (χ2n) is 9.18. The van der Waals surface area contributed by atoms with Crippen LogP contribution in [0, 0.1) is 6.92 Å². The van der Waals surface area contributed by atoms with E-state index in [1.807, 2.05) is 65.2 Å². The number of methoxy groups -OCH3 is 1. The molecule has 2 aromatic heterocycles. The number of aryl methyl sites for hydroxylation is 1. The van der Waals surface area contributed by atoms with E-state index in [-0.39, 0.29) is 6.09 Å². The molecule has 0 saturated heterocycles. The van der Waals surface area contributed by atoms with Crippen LogP contribution in [0.3, 0.4) is 0 Å². The maximum absolute atomic E-state index is 12.5. The van der Waals surface area contributed by atoms with E-state index in [0.29, 0.717) is 31.2 Å². The van der Waals surface area contributed by atoms with Crippen LogP contribution in [0.1, 0.15) is 37.7 Å². The summed E-state index contributed by atoms with van der Waals surface area (Å²) in [4.78, 5) is 23.1. The lowest BCUT2D eigenvalue weighted by molar-refractivity contribution is 0.0221. The molecule has 2 N–H and O–H groups in total. The van der Waals surface area contributed by atoms with Crippen molar-refractivity contribution in [1.29, 1.82) is 0 Å². The van der Waals surface area contributed by atoms with Crippen molar-refractivity contribution in [2.45, 2.75) is 46.3 Å². The van der Waals surface area contributed by atoms with Gasteiger partial charge in [-0.3, -0.25) is 0 Å². The van der Waals surface area contributed by atoms with Gasteiger partial charge in [-0.15, -0.1) is 0 Å². The van der Waals surface area contributed by atoms with Crippen LogP contribution in [0.2, 0.25) is 0 Å². The Hall–Kier alpha value is -3.82. The lowest BCUT2D eigenvalue weighted by atomic mass is 10.1. The standard InChI is InChI=1S/C24H31N7O3/c1-15-11-21(25-5)28-22(26-15)27-17-7-8-20(33-6)19(12-17)31-13-16-9-10-30(14-18(16)29-31)23(32)34-24(2,3)4/h7-8,11-13H,9-10,14H2,1-6H3,(H2,25,26,27,28). The lowest BCUT2D eigenvalue weighted by Crippen LogP contribution is -2.39. The molecule has 1 aliphatic heterocycles. The number of fused-ring (bicyclic) bond motifs is 1. The summed E-state index contributed by atoms with van der Waals surface area (Å²) < 4.78 is 12.9. The SMILES string of the molecule is CNc1cc(C)nc(Nc2ccc(OC)c(-n3cc4c(n3)CN(C(=O)OC(C)(C)C)CC4)c2)n1. The fraction of sp³-hybridized carbons (Fsp3) is 0.417. The number of benzene rings is 1. The maximum Gasteiger partial charge on any atom is 0.410 e. The molecule has 3 aromatic rings. The molecule has 10 nitrogen and oxygen atoms in total. The molecule has 0 fully saturated rings. The third-order valence-electron chi connectivity index (χ3n) is 5.31. The van der Waals surface area contributed by atoms with E-state index in [4.69, 9.17) is 14.6 Å². The Balaban J connectivity index is 1.59. The highest BCUT2D eigenvalue weighted by molar-refractivity contribution is 5.68. The average molecular weight is 466 g/mol. The van der Waals surface area contributed by atoms with Gasteiger partial charge in [-0.25, -0.2) is 14.5 Å². The quantitative estimate of drug-likeness (QED) is 0.581. The molecule has 3 heterocycles. The summed E-state index contributed by atoms with van der Waals surface area (Å²) in [6, 6.07) is 7.59. The molecule has 0 saturated carbocycles. The number of rotatable bonds is 5. The van der Waals surface area contributed by atoms with Gasteiger partial charge in [0.05, 0.1) is 19.3 Å². The van der Waals surface area contributed by atoms with Gasteiger partial charge < -0.3 is 25.0 Å². The molecule has 0 aliphatic carbocycles. The first-order chi connectivity index (χ1) is 16.1. The van der Waals surface area contributed by atoms with E-state index in [1.54, 1.807) is 16.7 Å². The zero-order chi connectivity index (χ0) is 24.5. The summed E-state index contributed by atoms with van der Waals surface area (Å²) in [6.45, 7) is 8.51. The normalized spacial score (nSPS) is 13.3. The predicted molar refractivity (Wildman–Crippen MR) is 130 cm³/mol. The number of carbonyl (C=O) groups is 1. The second kappa shape index (κ2) is 9.20. The third kappa shape index (κ3) is 5.22. The van der Waals surface area contributed by atoms with E-state index in [2.05, 4.69) is 20.6 Å². The first-order valence-corrected chi connectivity index (χ1v) is 11.2. The highest BCUT2D eigenvalue weighted by atomic mass is 16.6. The number of hydrogen-bond donors (Lipinski definition) is 2. The number of anilines is 3. The topological polar surface area (TPSA) is 106 Å². The zero-order valence-electron chi connectivity index (χ0n) is 20.5. The van der Waals surface area contributed by atoms with Crippen molar-refractivity contribution in [3.63, 3.8) is 0 Å². The smallest absolute Gasteiger partial charge is 0.410 e. The van der Waals surface area contributed by atoms with E-state index in [9.17, 15) is 4.79 Å². The highest BCUT2D eigenvalue weighted by Gasteiger charge is 2.28. The molecule has 0 radical (unpaired) electrons. The molecule has 10 heteroatoms. The number of ether oxygens (including phenoxy) is 2.